The summed E-state index contributed by atoms with van der Waals surface area (Å²) in [7, 11) is 0. The molecular weight excluding hydrogens is 204 g/mol. The molecule has 0 heterocycles. The Balaban J connectivity index is 2.41. The lowest BCUT2D eigenvalue weighted by atomic mass is 9.94. The molecule has 0 saturated carbocycles. The molecule has 0 N–H and O–H groups in total. The van der Waals surface area contributed by atoms with Gasteiger partial charge >= 0.3 is 0 Å². The average Bonchev–Trinajstić information content (AvgIpc) is 2.32. The van der Waals surface area contributed by atoms with E-state index in [9.17, 15) is 0 Å². The summed E-state index contributed by atoms with van der Waals surface area (Å²) >= 11 is 0. The Kier molecular flexibility index (Phi) is 6.04. The van der Waals surface area contributed by atoms with Gasteiger partial charge in [-0.3, -0.25) is 0 Å². The van der Waals surface area contributed by atoms with E-state index in [2.05, 4.69) is 32.9 Å². The van der Waals surface area contributed by atoms with E-state index in [-0.39, 0.29) is 0 Å². The molecule has 0 aromatic heterocycles. The molecule has 0 heteroatoms. The fourth-order valence-electron chi connectivity index (χ4n) is 2.31. The lowest BCUT2D eigenvalue weighted by molar-refractivity contribution is 0.644. The third-order valence-corrected chi connectivity index (χ3v) is 3.65. The van der Waals surface area contributed by atoms with Crippen molar-refractivity contribution >= 4 is 0 Å². The Hall–Kier alpha value is -1.04. The molecule has 0 atom stereocenters. The van der Waals surface area contributed by atoms with Crippen LogP contribution in [0.2, 0.25) is 0 Å². The minimum atomic E-state index is 1.06. The molecule has 0 unspecified atom stereocenters. The van der Waals surface area contributed by atoms with Gasteiger partial charge in [0.25, 0.3) is 0 Å². The minimum absolute atomic E-state index is 1.06. The largest absolute Gasteiger partial charge is 0.0845 e. The van der Waals surface area contributed by atoms with Gasteiger partial charge in [0, 0.05) is 0 Å². The fraction of sp³-hybridized carbons (Fsp3) is 0.529. The summed E-state index contributed by atoms with van der Waals surface area (Å²) in [6, 6.07) is 4.48. The van der Waals surface area contributed by atoms with Crippen molar-refractivity contribution in [2.24, 2.45) is 0 Å². The van der Waals surface area contributed by atoms with Crippen molar-refractivity contribution in [1.82, 2.24) is 0 Å². The summed E-state index contributed by atoms with van der Waals surface area (Å²) in [5.41, 5.74) is 5.92. The van der Waals surface area contributed by atoms with Crippen molar-refractivity contribution < 1.29 is 0 Å². The number of unbranched alkanes of at least 4 members (excludes halogenated alkanes) is 4. The summed E-state index contributed by atoms with van der Waals surface area (Å²) in [4.78, 5) is 0. The van der Waals surface area contributed by atoms with Gasteiger partial charge in [-0.1, -0.05) is 37.6 Å². The molecule has 0 nitrogen and oxygen atoms in total. The maximum absolute atomic E-state index is 5.37. The Bertz CT molecular complexity index is 361. The van der Waals surface area contributed by atoms with Crippen molar-refractivity contribution in [2.75, 3.05) is 0 Å². The van der Waals surface area contributed by atoms with Crippen LogP contribution in [-0.2, 0) is 6.42 Å². The molecule has 1 aromatic carbocycles. The molecule has 1 aromatic rings. The zero-order chi connectivity index (χ0) is 12.7. The monoisotopic (exact) mass is 229 g/mol. The summed E-state index contributed by atoms with van der Waals surface area (Å²) in [6.07, 6.45) is 9.22. The number of hydrogen-bond donors (Lipinski definition) is 0. The first-order chi connectivity index (χ1) is 8.16. The molecule has 1 radical (unpaired) electrons. The van der Waals surface area contributed by atoms with Crippen LogP contribution < -0.4 is 0 Å². The predicted octanol–water partition coefficient (Wildman–Crippen LogP) is 5.09. The third kappa shape index (κ3) is 4.38. The van der Waals surface area contributed by atoms with E-state index in [4.69, 9.17) is 6.58 Å². The number of benzene rings is 1. The molecule has 0 aliphatic carbocycles. The Morgan fingerprint density at radius 2 is 1.59 bits per heavy atom. The van der Waals surface area contributed by atoms with Gasteiger partial charge in [0.1, 0.15) is 0 Å². The first-order valence-electron chi connectivity index (χ1n) is 6.76. The molecule has 0 saturated heterocycles. The lowest BCUT2D eigenvalue weighted by Crippen LogP contribution is -1.96. The maximum Gasteiger partial charge on any atom is -0.0274 e. The van der Waals surface area contributed by atoms with Crippen LogP contribution in [0.5, 0.6) is 0 Å². The molecule has 0 fully saturated rings. The summed E-state index contributed by atoms with van der Waals surface area (Å²) in [6.45, 7) is 12.0. The Labute approximate surface area is 107 Å². The van der Waals surface area contributed by atoms with Crippen LogP contribution in [0.15, 0.2) is 18.2 Å². The predicted molar refractivity (Wildman–Crippen MR) is 76.3 cm³/mol. The van der Waals surface area contributed by atoms with Crippen LogP contribution in [0.3, 0.4) is 0 Å². The molecule has 0 spiro atoms. The maximum atomic E-state index is 5.37. The van der Waals surface area contributed by atoms with Crippen LogP contribution >= 0.6 is 0 Å². The van der Waals surface area contributed by atoms with E-state index in [1.807, 2.05) is 0 Å². The van der Waals surface area contributed by atoms with E-state index < -0.39 is 0 Å². The van der Waals surface area contributed by atoms with Gasteiger partial charge in [0.15, 0.2) is 0 Å². The number of aryl methyl sites for hydroxylation is 2. The smallest absolute Gasteiger partial charge is 0.0274 e. The molecule has 0 bridgehead atoms. The normalized spacial score (nSPS) is 10.5. The van der Waals surface area contributed by atoms with E-state index >= 15 is 0 Å². The first-order valence-corrected chi connectivity index (χ1v) is 6.76. The van der Waals surface area contributed by atoms with Crippen LogP contribution in [-0.4, -0.2) is 0 Å². The third-order valence-electron chi connectivity index (χ3n) is 3.65. The standard InChI is InChI=1S/C17H25/c1-5-6-7-8-9-10-11-17-15(3)13-12-14(2)16(17)4/h1,5,12-13H,6-11H2,2-4H3. The van der Waals surface area contributed by atoms with Gasteiger partial charge in [-0.15, -0.1) is 0 Å². The van der Waals surface area contributed by atoms with Gasteiger partial charge < -0.3 is 0 Å². The van der Waals surface area contributed by atoms with E-state index in [0.29, 0.717) is 0 Å². The number of allylic oxidation sites excluding steroid dienone is 1. The van der Waals surface area contributed by atoms with Crippen molar-refractivity contribution in [1.29, 1.82) is 0 Å². The second kappa shape index (κ2) is 7.32. The van der Waals surface area contributed by atoms with Crippen molar-refractivity contribution in [3.05, 3.63) is 47.0 Å². The van der Waals surface area contributed by atoms with Crippen molar-refractivity contribution in [3.8, 4) is 0 Å². The molecule has 0 aliphatic rings. The summed E-state index contributed by atoms with van der Waals surface area (Å²) < 4.78 is 0. The Morgan fingerprint density at radius 3 is 2.29 bits per heavy atom. The van der Waals surface area contributed by atoms with Gasteiger partial charge in [0.2, 0.25) is 0 Å². The Morgan fingerprint density at radius 1 is 0.941 bits per heavy atom. The molecule has 0 aliphatic heterocycles. The topological polar surface area (TPSA) is 0 Å². The quantitative estimate of drug-likeness (QED) is 0.571. The van der Waals surface area contributed by atoms with Gasteiger partial charge in [-0.2, -0.15) is 0 Å². The number of hydrogen-bond acceptors (Lipinski definition) is 0. The van der Waals surface area contributed by atoms with Gasteiger partial charge in [0.05, 0.1) is 0 Å². The summed E-state index contributed by atoms with van der Waals surface area (Å²) in [5.74, 6) is 0. The van der Waals surface area contributed by atoms with Crippen molar-refractivity contribution in [3.63, 3.8) is 0 Å². The molecular formula is C17H25. The highest BCUT2D eigenvalue weighted by atomic mass is 14.1. The highest BCUT2D eigenvalue weighted by Crippen LogP contribution is 2.20. The van der Waals surface area contributed by atoms with Crippen LogP contribution in [0, 0.1) is 27.4 Å². The molecule has 1 rings (SSSR count). The first kappa shape index (κ1) is 14.0. The van der Waals surface area contributed by atoms with Crippen LogP contribution in [0.25, 0.3) is 0 Å². The highest BCUT2D eigenvalue weighted by molar-refractivity contribution is 5.39. The highest BCUT2D eigenvalue weighted by Gasteiger charge is 2.04. The van der Waals surface area contributed by atoms with E-state index in [1.54, 1.807) is 11.6 Å². The molecule has 0 amide bonds. The van der Waals surface area contributed by atoms with Crippen molar-refractivity contribution in [2.45, 2.75) is 59.3 Å². The zero-order valence-corrected chi connectivity index (χ0v) is 11.6. The van der Waals surface area contributed by atoms with E-state index in [1.165, 1.54) is 48.8 Å². The second-order valence-electron chi connectivity index (χ2n) is 4.99. The lowest BCUT2D eigenvalue weighted by Gasteiger charge is -2.12. The van der Waals surface area contributed by atoms with Crippen LogP contribution in [0.1, 0.15) is 54.4 Å². The SMILES string of the molecule is [CH]=CCCCCCCc1c(C)ccc(C)c1C. The van der Waals surface area contributed by atoms with Crippen LogP contribution in [0.4, 0.5) is 0 Å². The number of rotatable bonds is 7. The minimum Gasteiger partial charge on any atom is -0.0845 e. The second-order valence-corrected chi connectivity index (χ2v) is 4.99. The van der Waals surface area contributed by atoms with E-state index in [0.717, 1.165) is 6.42 Å². The van der Waals surface area contributed by atoms with Gasteiger partial charge in [-0.05, 0) is 68.7 Å². The fourth-order valence-corrected chi connectivity index (χ4v) is 2.31. The zero-order valence-electron chi connectivity index (χ0n) is 11.6. The average molecular weight is 229 g/mol. The van der Waals surface area contributed by atoms with Gasteiger partial charge in [-0.25, -0.2) is 0 Å². The summed E-state index contributed by atoms with van der Waals surface area (Å²) in [5, 5.41) is 0. The molecule has 93 valence electrons. The molecule has 17 heavy (non-hydrogen) atoms.